The summed E-state index contributed by atoms with van der Waals surface area (Å²) in [4.78, 5) is 12.2. The molecular weight excluding hydrogens is 308 g/mol. The minimum Gasteiger partial charge on any atom is -0.497 e. The summed E-state index contributed by atoms with van der Waals surface area (Å²) >= 11 is 0. The Hall–Kier alpha value is -2.70. The van der Waals surface area contributed by atoms with Crippen molar-refractivity contribution in [1.29, 1.82) is 0 Å². The number of nitrogens with zero attached hydrogens (tertiary/aromatic N) is 2. The van der Waals surface area contributed by atoms with Crippen molar-refractivity contribution in [1.82, 2.24) is 20.4 Å². The van der Waals surface area contributed by atoms with Crippen molar-refractivity contribution < 1.29 is 14.3 Å². The summed E-state index contributed by atoms with van der Waals surface area (Å²) in [5.74, 6) is 1.38. The molecule has 0 spiro atoms. The van der Waals surface area contributed by atoms with E-state index in [1.54, 1.807) is 31.2 Å². The van der Waals surface area contributed by atoms with Crippen LogP contribution in [0.25, 0.3) is 0 Å². The number of carbonyl (C=O) groups is 1. The topological polar surface area (TPSA) is 77.4 Å². The second kappa shape index (κ2) is 8.24. The van der Waals surface area contributed by atoms with Crippen LogP contribution in [0.5, 0.6) is 11.5 Å². The van der Waals surface area contributed by atoms with Gasteiger partial charge in [0, 0.05) is 30.1 Å². The molecule has 7 heteroatoms. The number of nitrogens with one attached hydrogen (secondary N) is 2. The Morgan fingerprint density at radius 2 is 2.04 bits per heavy atom. The van der Waals surface area contributed by atoms with E-state index >= 15 is 0 Å². The Balaban J connectivity index is 1.93. The lowest BCUT2D eigenvalue weighted by Gasteiger charge is -2.20. The largest absolute Gasteiger partial charge is 0.497 e. The van der Waals surface area contributed by atoms with Crippen LogP contribution < -0.4 is 20.1 Å². The van der Waals surface area contributed by atoms with Crippen molar-refractivity contribution in [2.45, 2.75) is 32.5 Å². The molecule has 0 aliphatic rings. The summed E-state index contributed by atoms with van der Waals surface area (Å²) in [5.41, 5.74) is 0.883. The number of carbonyl (C=O) groups excluding carboxylic acids is 1. The van der Waals surface area contributed by atoms with Gasteiger partial charge in [-0.05, 0) is 32.0 Å². The van der Waals surface area contributed by atoms with Gasteiger partial charge in [0.05, 0.1) is 26.8 Å². The summed E-state index contributed by atoms with van der Waals surface area (Å²) < 4.78 is 12.3. The van der Waals surface area contributed by atoms with Crippen molar-refractivity contribution in [2.24, 2.45) is 0 Å². The molecule has 0 fully saturated rings. The van der Waals surface area contributed by atoms with Crippen molar-refractivity contribution in [3.63, 3.8) is 0 Å². The highest BCUT2D eigenvalue weighted by molar-refractivity contribution is 5.74. The second-order valence-corrected chi connectivity index (χ2v) is 5.58. The fraction of sp³-hybridized carbons (Fsp3) is 0.412. The van der Waals surface area contributed by atoms with Crippen LogP contribution in [0, 0.1) is 0 Å². The van der Waals surface area contributed by atoms with Crippen LogP contribution in [0.2, 0.25) is 0 Å². The average Bonchev–Trinajstić information content (AvgIpc) is 3.06. The zero-order chi connectivity index (χ0) is 17.5. The third kappa shape index (κ3) is 4.65. The first-order valence-corrected chi connectivity index (χ1v) is 7.80. The highest BCUT2D eigenvalue weighted by Gasteiger charge is 2.16. The molecule has 2 N–H and O–H groups in total. The Kier molecular flexibility index (Phi) is 6.06. The van der Waals surface area contributed by atoms with Crippen molar-refractivity contribution in [3.8, 4) is 11.5 Å². The molecule has 1 aromatic carbocycles. The molecule has 0 aliphatic heterocycles. The van der Waals surface area contributed by atoms with Gasteiger partial charge in [-0.2, -0.15) is 5.10 Å². The molecule has 7 nitrogen and oxygen atoms in total. The first-order chi connectivity index (χ1) is 11.5. The number of benzene rings is 1. The molecule has 0 saturated carbocycles. The molecule has 2 amide bonds. The van der Waals surface area contributed by atoms with Gasteiger partial charge in [0.15, 0.2) is 0 Å². The standard InChI is InChI=1S/C17H24N4O3/c1-12(11-21-9-5-8-18-21)19-17(22)20-13(2)15-7-6-14(23-3)10-16(15)24-4/h5-10,12-13H,11H2,1-4H3,(H2,19,20,22). The van der Waals surface area contributed by atoms with Gasteiger partial charge in [0.1, 0.15) is 11.5 Å². The van der Waals surface area contributed by atoms with Gasteiger partial charge in [-0.25, -0.2) is 4.79 Å². The lowest BCUT2D eigenvalue weighted by Crippen LogP contribution is -2.43. The summed E-state index contributed by atoms with van der Waals surface area (Å²) in [6.07, 6.45) is 3.58. The molecule has 2 aromatic rings. The summed E-state index contributed by atoms with van der Waals surface area (Å²) in [5, 5.41) is 9.95. The van der Waals surface area contributed by atoms with E-state index in [2.05, 4.69) is 15.7 Å². The van der Waals surface area contributed by atoms with Crippen LogP contribution >= 0.6 is 0 Å². The van der Waals surface area contributed by atoms with Crippen molar-refractivity contribution in [2.75, 3.05) is 14.2 Å². The third-order valence-corrected chi connectivity index (χ3v) is 3.65. The van der Waals surface area contributed by atoms with Gasteiger partial charge in [-0.1, -0.05) is 0 Å². The summed E-state index contributed by atoms with van der Waals surface area (Å²) in [6.45, 7) is 4.45. The fourth-order valence-electron chi connectivity index (χ4n) is 2.45. The Morgan fingerprint density at radius 3 is 2.67 bits per heavy atom. The minimum absolute atomic E-state index is 0.0464. The van der Waals surface area contributed by atoms with E-state index < -0.39 is 0 Å². The van der Waals surface area contributed by atoms with Crippen LogP contribution in [0.1, 0.15) is 25.5 Å². The Morgan fingerprint density at radius 1 is 1.25 bits per heavy atom. The number of ether oxygens (including phenoxy) is 2. The number of urea groups is 1. The normalized spacial score (nSPS) is 13.0. The smallest absolute Gasteiger partial charge is 0.315 e. The van der Waals surface area contributed by atoms with Gasteiger partial charge in [0.2, 0.25) is 0 Å². The molecule has 2 unspecified atom stereocenters. The maximum atomic E-state index is 12.2. The molecule has 24 heavy (non-hydrogen) atoms. The van der Waals surface area contributed by atoms with Gasteiger partial charge < -0.3 is 20.1 Å². The van der Waals surface area contributed by atoms with Crippen LogP contribution in [-0.2, 0) is 6.54 Å². The van der Waals surface area contributed by atoms with E-state index in [0.717, 1.165) is 5.56 Å². The molecule has 0 aliphatic carbocycles. The van der Waals surface area contributed by atoms with Crippen molar-refractivity contribution in [3.05, 3.63) is 42.2 Å². The summed E-state index contributed by atoms with van der Waals surface area (Å²) in [6, 6.07) is 6.89. The highest BCUT2D eigenvalue weighted by atomic mass is 16.5. The first kappa shape index (κ1) is 17.7. The Labute approximate surface area is 142 Å². The number of hydrogen-bond acceptors (Lipinski definition) is 4. The third-order valence-electron chi connectivity index (χ3n) is 3.65. The molecule has 2 atom stereocenters. The molecule has 1 aromatic heterocycles. The molecule has 1 heterocycles. The SMILES string of the molecule is COc1ccc(C(C)NC(=O)NC(C)Cn2cccn2)c(OC)c1. The second-order valence-electron chi connectivity index (χ2n) is 5.58. The van der Waals surface area contributed by atoms with Gasteiger partial charge in [-0.3, -0.25) is 4.68 Å². The highest BCUT2D eigenvalue weighted by Crippen LogP contribution is 2.29. The number of amides is 2. The molecule has 0 radical (unpaired) electrons. The molecule has 0 bridgehead atoms. The van der Waals surface area contributed by atoms with Gasteiger partial charge >= 0.3 is 6.03 Å². The lowest BCUT2D eigenvalue weighted by molar-refractivity contribution is 0.233. The number of methoxy groups -OCH3 is 2. The fourth-order valence-corrected chi connectivity index (χ4v) is 2.45. The predicted octanol–water partition coefficient (Wildman–Crippen LogP) is 2.35. The number of aromatic nitrogens is 2. The van der Waals surface area contributed by atoms with E-state index in [1.165, 1.54) is 0 Å². The van der Waals surface area contributed by atoms with Crippen LogP contribution in [0.4, 0.5) is 4.79 Å². The average molecular weight is 332 g/mol. The zero-order valence-corrected chi connectivity index (χ0v) is 14.4. The van der Waals surface area contributed by atoms with Crippen LogP contribution in [0.3, 0.4) is 0 Å². The first-order valence-electron chi connectivity index (χ1n) is 7.80. The maximum Gasteiger partial charge on any atom is 0.315 e. The quantitative estimate of drug-likeness (QED) is 0.816. The number of rotatable bonds is 7. The van der Waals surface area contributed by atoms with Crippen LogP contribution in [-0.4, -0.2) is 36.1 Å². The lowest BCUT2D eigenvalue weighted by atomic mass is 10.1. The zero-order valence-electron chi connectivity index (χ0n) is 14.4. The summed E-state index contributed by atoms with van der Waals surface area (Å²) in [7, 11) is 3.20. The molecule has 130 valence electrons. The van der Waals surface area contributed by atoms with E-state index in [-0.39, 0.29) is 18.1 Å². The predicted molar refractivity (Wildman–Crippen MR) is 91.3 cm³/mol. The molecule has 2 rings (SSSR count). The van der Waals surface area contributed by atoms with E-state index in [1.807, 2.05) is 38.2 Å². The van der Waals surface area contributed by atoms with Gasteiger partial charge in [0.25, 0.3) is 0 Å². The Bertz CT molecular complexity index is 658. The van der Waals surface area contributed by atoms with E-state index in [4.69, 9.17) is 9.47 Å². The monoisotopic (exact) mass is 332 g/mol. The van der Waals surface area contributed by atoms with E-state index in [9.17, 15) is 4.79 Å². The van der Waals surface area contributed by atoms with Gasteiger partial charge in [-0.15, -0.1) is 0 Å². The molecular formula is C17H24N4O3. The van der Waals surface area contributed by atoms with E-state index in [0.29, 0.717) is 18.0 Å². The van der Waals surface area contributed by atoms with Crippen molar-refractivity contribution >= 4 is 6.03 Å². The number of hydrogen-bond donors (Lipinski definition) is 2. The maximum absolute atomic E-state index is 12.2. The van der Waals surface area contributed by atoms with Crippen LogP contribution in [0.15, 0.2) is 36.7 Å². The minimum atomic E-state index is -0.236. The molecule has 0 saturated heterocycles.